The molecule has 0 aliphatic heterocycles. The van der Waals surface area contributed by atoms with Crippen molar-refractivity contribution in [3.8, 4) is 0 Å². The van der Waals surface area contributed by atoms with E-state index in [-0.39, 0.29) is 10.8 Å². The fourth-order valence-corrected chi connectivity index (χ4v) is 2.35. The Labute approximate surface area is 134 Å². The lowest BCUT2D eigenvalue weighted by Crippen LogP contribution is -2.23. The Balaban J connectivity index is 1.97. The molecule has 0 radical (unpaired) electrons. The van der Waals surface area contributed by atoms with E-state index in [0.29, 0.717) is 0 Å². The fraction of sp³-hybridized carbons (Fsp3) is 0.474. The third-order valence-corrected chi connectivity index (χ3v) is 3.93. The molecule has 0 fully saturated rings. The van der Waals surface area contributed by atoms with Crippen molar-refractivity contribution in [3.05, 3.63) is 54.0 Å². The van der Waals surface area contributed by atoms with Crippen LogP contribution in [0.5, 0.6) is 0 Å². The van der Waals surface area contributed by atoms with E-state index in [1.807, 2.05) is 24.4 Å². The molecule has 22 heavy (non-hydrogen) atoms. The number of nitrogens with zero attached hydrogens (tertiary/aromatic N) is 2. The summed E-state index contributed by atoms with van der Waals surface area (Å²) >= 11 is 0. The van der Waals surface area contributed by atoms with Crippen LogP contribution in [-0.4, -0.2) is 16.5 Å². The van der Waals surface area contributed by atoms with Crippen LogP contribution in [0.2, 0.25) is 0 Å². The van der Waals surface area contributed by atoms with Gasteiger partial charge in [-0.1, -0.05) is 46.8 Å². The van der Waals surface area contributed by atoms with Crippen molar-refractivity contribution in [3.63, 3.8) is 0 Å². The van der Waals surface area contributed by atoms with Gasteiger partial charge >= 0.3 is 0 Å². The molecule has 2 aromatic rings. The van der Waals surface area contributed by atoms with E-state index in [9.17, 15) is 0 Å². The number of aromatic nitrogens is 2. The number of pyridine rings is 2. The third-order valence-electron chi connectivity index (χ3n) is 3.93. The minimum absolute atomic E-state index is 0.0515. The molecule has 0 aliphatic rings. The third kappa shape index (κ3) is 4.30. The van der Waals surface area contributed by atoms with Gasteiger partial charge in [0, 0.05) is 35.0 Å². The van der Waals surface area contributed by atoms with E-state index in [4.69, 9.17) is 4.98 Å². The van der Waals surface area contributed by atoms with Crippen LogP contribution in [0, 0.1) is 0 Å². The van der Waals surface area contributed by atoms with Crippen molar-refractivity contribution in [1.29, 1.82) is 0 Å². The number of rotatable bonds is 5. The summed E-state index contributed by atoms with van der Waals surface area (Å²) < 4.78 is 0. The highest BCUT2D eigenvalue weighted by molar-refractivity contribution is 5.36. The zero-order chi connectivity index (χ0) is 16.2. The number of nitrogens with one attached hydrogen (secondary N) is 1. The minimum atomic E-state index is 0.0515. The molecular weight excluding hydrogens is 270 g/mol. The first-order chi connectivity index (χ1) is 10.3. The van der Waals surface area contributed by atoms with Gasteiger partial charge in [-0.25, -0.2) is 4.98 Å². The topological polar surface area (TPSA) is 37.8 Å². The standard InChI is InChI=1S/C19H27N3/c1-18(2,3)15-10-8-11-17(22-15)21-14-12-19(4,5)16-9-6-7-13-20-16/h6-11,13H,12,14H2,1-5H3,(H,21,22). The summed E-state index contributed by atoms with van der Waals surface area (Å²) in [6, 6.07) is 12.3. The van der Waals surface area contributed by atoms with Crippen molar-refractivity contribution in [2.45, 2.75) is 51.9 Å². The molecule has 0 bridgehead atoms. The number of anilines is 1. The predicted octanol–water partition coefficient (Wildman–Crippen LogP) is 4.55. The summed E-state index contributed by atoms with van der Waals surface area (Å²) in [5.41, 5.74) is 2.37. The largest absolute Gasteiger partial charge is 0.370 e. The molecule has 118 valence electrons. The van der Waals surface area contributed by atoms with Gasteiger partial charge in [-0.15, -0.1) is 0 Å². The molecule has 2 heterocycles. The van der Waals surface area contributed by atoms with Crippen LogP contribution in [0.25, 0.3) is 0 Å². The zero-order valence-electron chi connectivity index (χ0n) is 14.4. The van der Waals surface area contributed by atoms with Crippen molar-refractivity contribution in [1.82, 2.24) is 9.97 Å². The Morgan fingerprint density at radius 3 is 2.27 bits per heavy atom. The molecule has 0 aromatic carbocycles. The molecule has 3 heteroatoms. The first-order valence-corrected chi connectivity index (χ1v) is 7.92. The van der Waals surface area contributed by atoms with Crippen LogP contribution < -0.4 is 5.32 Å². The molecule has 0 atom stereocenters. The second-order valence-electron chi connectivity index (χ2n) is 7.43. The van der Waals surface area contributed by atoms with E-state index < -0.39 is 0 Å². The van der Waals surface area contributed by atoms with Gasteiger partial charge in [0.05, 0.1) is 0 Å². The lowest BCUT2D eigenvalue weighted by atomic mass is 9.85. The molecular formula is C19H27N3. The molecule has 0 saturated heterocycles. The van der Waals surface area contributed by atoms with Gasteiger partial charge in [-0.2, -0.15) is 0 Å². The van der Waals surface area contributed by atoms with E-state index in [1.165, 1.54) is 0 Å². The van der Waals surface area contributed by atoms with Crippen molar-refractivity contribution >= 4 is 5.82 Å². The highest BCUT2D eigenvalue weighted by Crippen LogP contribution is 2.25. The maximum Gasteiger partial charge on any atom is 0.126 e. The molecule has 0 unspecified atom stereocenters. The lowest BCUT2D eigenvalue weighted by molar-refractivity contribution is 0.479. The van der Waals surface area contributed by atoms with Crippen LogP contribution in [-0.2, 0) is 10.8 Å². The Morgan fingerprint density at radius 1 is 0.909 bits per heavy atom. The van der Waals surface area contributed by atoms with Crippen molar-refractivity contribution in [2.24, 2.45) is 0 Å². The van der Waals surface area contributed by atoms with Crippen molar-refractivity contribution < 1.29 is 0 Å². The fourth-order valence-electron chi connectivity index (χ4n) is 2.35. The summed E-state index contributed by atoms with van der Waals surface area (Å²) in [5, 5.41) is 3.44. The summed E-state index contributed by atoms with van der Waals surface area (Å²) in [5.74, 6) is 0.948. The summed E-state index contributed by atoms with van der Waals surface area (Å²) in [4.78, 5) is 9.19. The van der Waals surface area contributed by atoms with E-state index in [0.717, 1.165) is 30.2 Å². The number of hydrogen-bond acceptors (Lipinski definition) is 3. The second-order valence-corrected chi connectivity index (χ2v) is 7.43. The zero-order valence-corrected chi connectivity index (χ0v) is 14.4. The maximum atomic E-state index is 4.71. The Kier molecular flexibility index (Phi) is 4.84. The van der Waals surface area contributed by atoms with Crippen LogP contribution in [0.3, 0.4) is 0 Å². The summed E-state index contributed by atoms with van der Waals surface area (Å²) in [6.07, 6.45) is 2.87. The normalized spacial score (nSPS) is 12.2. The van der Waals surface area contributed by atoms with Crippen molar-refractivity contribution in [2.75, 3.05) is 11.9 Å². The minimum Gasteiger partial charge on any atom is -0.370 e. The molecule has 0 amide bonds. The summed E-state index contributed by atoms with van der Waals surface area (Å²) in [7, 11) is 0. The highest BCUT2D eigenvalue weighted by Gasteiger charge is 2.21. The van der Waals surface area contributed by atoms with Gasteiger partial charge in [-0.05, 0) is 30.7 Å². The molecule has 0 aliphatic carbocycles. The molecule has 0 spiro atoms. The molecule has 1 N–H and O–H groups in total. The quantitative estimate of drug-likeness (QED) is 0.879. The second kappa shape index (κ2) is 6.47. The molecule has 2 aromatic heterocycles. The number of hydrogen-bond donors (Lipinski definition) is 1. The van der Waals surface area contributed by atoms with Crippen LogP contribution in [0.1, 0.15) is 52.4 Å². The van der Waals surface area contributed by atoms with Gasteiger partial charge in [0.25, 0.3) is 0 Å². The van der Waals surface area contributed by atoms with Crippen LogP contribution in [0.4, 0.5) is 5.82 Å². The highest BCUT2D eigenvalue weighted by atomic mass is 15.0. The van der Waals surface area contributed by atoms with E-state index in [2.05, 4.69) is 63.1 Å². The van der Waals surface area contributed by atoms with Gasteiger partial charge < -0.3 is 5.32 Å². The average molecular weight is 297 g/mol. The van der Waals surface area contributed by atoms with Crippen LogP contribution >= 0.6 is 0 Å². The van der Waals surface area contributed by atoms with E-state index >= 15 is 0 Å². The predicted molar refractivity (Wildman–Crippen MR) is 93.3 cm³/mol. The van der Waals surface area contributed by atoms with Crippen LogP contribution in [0.15, 0.2) is 42.6 Å². The Morgan fingerprint density at radius 2 is 1.64 bits per heavy atom. The van der Waals surface area contributed by atoms with Gasteiger partial charge in [0.2, 0.25) is 0 Å². The first kappa shape index (κ1) is 16.5. The van der Waals surface area contributed by atoms with Gasteiger partial charge in [-0.3, -0.25) is 4.98 Å². The lowest BCUT2D eigenvalue weighted by Gasteiger charge is -2.24. The first-order valence-electron chi connectivity index (χ1n) is 7.92. The Hall–Kier alpha value is -1.90. The molecule has 2 rings (SSSR count). The smallest absolute Gasteiger partial charge is 0.126 e. The maximum absolute atomic E-state index is 4.71. The van der Waals surface area contributed by atoms with Gasteiger partial charge in [0.15, 0.2) is 0 Å². The Bertz CT molecular complexity index is 598. The molecule has 0 saturated carbocycles. The van der Waals surface area contributed by atoms with E-state index in [1.54, 1.807) is 0 Å². The van der Waals surface area contributed by atoms with Gasteiger partial charge in [0.1, 0.15) is 5.82 Å². The SMILES string of the molecule is CC(C)(C)c1cccc(NCCC(C)(C)c2ccccn2)n1. The average Bonchev–Trinajstić information content (AvgIpc) is 2.47. The molecule has 3 nitrogen and oxygen atoms in total. The summed E-state index contributed by atoms with van der Waals surface area (Å²) in [6.45, 7) is 11.9. The monoisotopic (exact) mass is 297 g/mol.